The fourth-order valence-corrected chi connectivity index (χ4v) is 2.54. The highest BCUT2D eigenvalue weighted by molar-refractivity contribution is 7.99. The number of carboxylic acids is 1. The normalized spacial score (nSPS) is 10.9. The number of ether oxygens (including phenoxy) is 1. The maximum atomic E-state index is 10.7. The fraction of sp³-hybridized carbons (Fsp3) is 0.462. The summed E-state index contributed by atoms with van der Waals surface area (Å²) in [7, 11) is 1.62. The molecule has 114 valence electrons. The first-order valence-corrected chi connectivity index (χ1v) is 7.47. The molecule has 0 bridgehead atoms. The van der Waals surface area contributed by atoms with E-state index in [2.05, 4.69) is 10.2 Å². The van der Waals surface area contributed by atoms with Gasteiger partial charge in [-0.05, 0) is 12.1 Å². The summed E-state index contributed by atoms with van der Waals surface area (Å²) in [5.41, 5.74) is 0. The van der Waals surface area contributed by atoms with E-state index in [4.69, 9.17) is 14.3 Å². The van der Waals surface area contributed by atoms with Crippen LogP contribution in [-0.2, 0) is 28.9 Å². The van der Waals surface area contributed by atoms with Gasteiger partial charge in [-0.1, -0.05) is 11.8 Å². The Balaban J connectivity index is 2.05. The van der Waals surface area contributed by atoms with E-state index in [1.165, 1.54) is 0 Å². The molecule has 0 aliphatic heterocycles. The van der Waals surface area contributed by atoms with Crippen molar-refractivity contribution in [3.8, 4) is 0 Å². The summed E-state index contributed by atoms with van der Waals surface area (Å²) in [6.45, 7) is 1.12. The molecule has 21 heavy (non-hydrogen) atoms. The Morgan fingerprint density at radius 2 is 2.33 bits per heavy atom. The van der Waals surface area contributed by atoms with Crippen LogP contribution in [-0.4, -0.2) is 45.3 Å². The van der Waals surface area contributed by atoms with Crippen LogP contribution in [0.5, 0.6) is 0 Å². The molecule has 2 aromatic rings. The zero-order valence-corrected chi connectivity index (χ0v) is 12.5. The Morgan fingerprint density at radius 1 is 1.48 bits per heavy atom. The van der Waals surface area contributed by atoms with Crippen molar-refractivity contribution < 1.29 is 19.1 Å². The van der Waals surface area contributed by atoms with Crippen molar-refractivity contribution in [3.63, 3.8) is 0 Å². The smallest absolute Gasteiger partial charge is 0.313 e. The number of nitrogens with zero attached hydrogens (tertiary/aromatic N) is 3. The molecular formula is C13H17N3O4S. The first kappa shape index (κ1) is 15.6. The number of carbonyl (C=O) groups is 1. The molecule has 0 saturated heterocycles. The molecule has 0 spiro atoms. The van der Waals surface area contributed by atoms with Crippen LogP contribution in [0.25, 0.3) is 0 Å². The van der Waals surface area contributed by atoms with Crippen LogP contribution >= 0.6 is 11.8 Å². The summed E-state index contributed by atoms with van der Waals surface area (Å²) >= 11 is 1.16. The predicted molar refractivity (Wildman–Crippen MR) is 76.4 cm³/mol. The standard InChI is InChI=1S/C13H17N3O4S/c1-19-8-6-16-11(5-4-10-3-2-7-20-10)14-15-13(16)21-9-12(17)18/h2-3,7H,4-6,8-9H2,1H3,(H,17,18). The molecule has 0 fully saturated rings. The molecule has 0 aromatic carbocycles. The number of furan rings is 1. The molecule has 0 amide bonds. The Bertz CT molecular complexity index is 568. The highest BCUT2D eigenvalue weighted by atomic mass is 32.2. The van der Waals surface area contributed by atoms with Crippen molar-refractivity contribution in [1.82, 2.24) is 14.8 Å². The molecule has 0 aliphatic rings. The van der Waals surface area contributed by atoms with Gasteiger partial charge in [0, 0.05) is 26.5 Å². The second-order valence-corrected chi connectivity index (χ2v) is 5.25. The zero-order chi connectivity index (χ0) is 15.1. The molecule has 0 radical (unpaired) electrons. The third-order valence-electron chi connectivity index (χ3n) is 2.81. The first-order valence-electron chi connectivity index (χ1n) is 6.48. The van der Waals surface area contributed by atoms with Gasteiger partial charge in [0.15, 0.2) is 5.16 Å². The molecular weight excluding hydrogens is 294 g/mol. The molecule has 0 unspecified atom stereocenters. The topological polar surface area (TPSA) is 90.4 Å². The number of hydrogen-bond acceptors (Lipinski definition) is 6. The van der Waals surface area contributed by atoms with Gasteiger partial charge in [0.1, 0.15) is 11.6 Å². The molecule has 0 saturated carbocycles. The number of hydrogen-bond donors (Lipinski definition) is 1. The maximum Gasteiger partial charge on any atom is 0.313 e. The minimum Gasteiger partial charge on any atom is -0.481 e. The second-order valence-electron chi connectivity index (χ2n) is 4.31. The van der Waals surface area contributed by atoms with E-state index in [9.17, 15) is 4.79 Å². The number of carboxylic acid groups (broad SMARTS) is 1. The van der Waals surface area contributed by atoms with E-state index in [1.807, 2.05) is 16.7 Å². The molecule has 0 atom stereocenters. The van der Waals surface area contributed by atoms with Gasteiger partial charge in [-0.25, -0.2) is 0 Å². The third-order valence-corrected chi connectivity index (χ3v) is 3.76. The van der Waals surface area contributed by atoms with Gasteiger partial charge < -0.3 is 18.8 Å². The molecule has 0 aliphatic carbocycles. The minimum absolute atomic E-state index is 0.0384. The summed E-state index contributed by atoms with van der Waals surface area (Å²) in [6, 6.07) is 3.76. The average Bonchev–Trinajstić information content (AvgIpc) is 3.10. The SMILES string of the molecule is COCCn1c(CCc2ccco2)nnc1SCC(=O)O. The Morgan fingerprint density at radius 3 is 3.00 bits per heavy atom. The van der Waals surface area contributed by atoms with Crippen LogP contribution in [0.1, 0.15) is 11.6 Å². The number of methoxy groups -OCH3 is 1. The summed E-state index contributed by atoms with van der Waals surface area (Å²) in [4.78, 5) is 10.7. The summed E-state index contributed by atoms with van der Waals surface area (Å²) in [6.07, 6.45) is 3.04. The van der Waals surface area contributed by atoms with Gasteiger partial charge in [-0.3, -0.25) is 4.79 Å². The summed E-state index contributed by atoms with van der Waals surface area (Å²) in [5.74, 6) is 0.773. The van der Waals surface area contributed by atoms with Crippen LogP contribution < -0.4 is 0 Å². The van der Waals surface area contributed by atoms with Gasteiger partial charge in [0.2, 0.25) is 0 Å². The van der Waals surface area contributed by atoms with E-state index in [0.29, 0.717) is 24.7 Å². The van der Waals surface area contributed by atoms with Crippen LogP contribution in [0, 0.1) is 0 Å². The van der Waals surface area contributed by atoms with E-state index < -0.39 is 5.97 Å². The lowest BCUT2D eigenvalue weighted by Crippen LogP contribution is -2.11. The predicted octanol–water partition coefficient (Wildman–Crippen LogP) is 1.48. The van der Waals surface area contributed by atoms with Crippen LogP contribution in [0.15, 0.2) is 28.0 Å². The monoisotopic (exact) mass is 311 g/mol. The van der Waals surface area contributed by atoms with E-state index >= 15 is 0 Å². The highest BCUT2D eigenvalue weighted by Gasteiger charge is 2.14. The average molecular weight is 311 g/mol. The number of rotatable bonds is 9. The minimum atomic E-state index is -0.876. The van der Waals surface area contributed by atoms with E-state index in [-0.39, 0.29) is 5.75 Å². The maximum absolute atomic E-state index is 10.7. The third kappa shape index (κ3) is 4.61. The van der Waals surface area contributed by atoms with Crippen molar-refractivity contribution in [1.29, 1.82) is 0 Å². The summed E-state index contributed by atoms with van der Waals surface area (Å²) in [5, 5.41) is 17.6. The zero-order valence-electron chi connectivity index (χ0n) is 11.7. The molecule has 1 N–H and O–H groups in total. The number of thioether (sulfide) groups is 1. The van der Waals surface area contributed by atoms with Crippen molar-refractivity contribution >= 4 is 17.7 Å². The van der Waals surface area contributed by atoms with Gasteiger partial charge in [-0.15, -0.1) is 10.2 Å². The van der Waals surface area contributed by atoms with Crippen molar-refractivity contribution in [2.75, 3.05) is 19.5 Å². The number of aliphatic carboxylic acids is 1. The van der Waals surface area contributed by atoms with Gasteiger partial charge >= 0.3 is 5.97 Å². The Hall–Kier alpha value is -1.80. The Labute approximate surface area is 126 Å². The highest BCUT2D eigenvalue weighted by Crippen LogP contribution is 2.18. The fourth-order valence-electron chi connectivity index (χ4n) is 1.83. The molecule has 2 aromatic heterocycles. The summed E-state index contributed by atoms with van der Waals surface area (Å²) < 4.78 is 12.3. The quantitative estimate of drug-likeness (QED) is 0.701. The Kier molecular flexibility index (Phi) is 5.82. The largest absolute Gasteiger partial charge is 0.481 e. The lowest BCUT2D eigenvalue weighted by Gasteiger charge is -2.08. The van der Waals surface area contributed by atoms with Crippen molar-refractivity contribution in [2.24, 2.45) is 0 Å². The van der Waals surface area contributed by atoms with Crippen molar-refractivity contribution in [3.05, 3.63) is 30.0 Å². The van der Waals surface area contributed by atoms with Crippen molar-refractivity contribution in [2.45, 2.75) is 24.5 Å². The first-order chi connectivity index (χ1) is 10.2. The van der Waals surface area contributed by atoms with Gasteiger partial charge in [0.25, 0.3) is 0 Å². The van der Waals surface area contributed by atoms with Gasteiger partial charge in [0.05, 0.1) is 18.6 Å². The molecule has 8 heteroatoms. The van der Waals surface area contributed by atoms with E-state index in [1.54, 1.807) is 13.4 Å². The lowest BCUT2D eigenvalue weighted by molar-refractivity contribution is -0.133. The lowest BCUT2D eigenvalue weighted by atomic mass is 10.2. The second kappa shape index (κ2) is 7.84. The molecule has 2 rings (SSSR count). The number of aromatic nitrogens is 3. The van der Waals surface area contributed by atoms with Gasteiger partial charge in [-0.2, -0.15) is 0 Å². The van der Waals surface area contributed by atoms with E-state index in [0.717, 1.165) is 29.8 Å². The molecule has 7 nitrogen and oxygen atoms in total. The molecule has 2 heterocycles. The van der Waals surface area contributed by atoms with Crippen LogP contribution in [0.4, 0.5) is 0 Å². The van der Waals surface area contributed by atoms with Crippen LogP contribution in [0.3, 0.4) is 0 Å². The van der Waals surface area contributed by atoms with Crippen LogP contribution in [0.2, 0.25) is 0 Å². The number of aryl methyl sites for hydroxylation is 2.